The Morgan fingerprint density at radius 3 is 1.67 bits per heavy atom. The van der Waals surface area contributed by atoms with Crippen LogP contribution in [0.15, 0.2) is 4.41 Å². The van der Waals surface area contributed by atoms with E-state index in [-0.39, 0.29) is 5.16 Å². The molecule has 0 aromatic rings. The Hall–Kier alpha value is 0.857. The first-order chi connectivity index (χ1) is 4.96. The van der Waals surface area contributed by atoms with Gasteiger partial charge in [-0.3, -0.25) is 0 Å². The van der Waals surface area contributed by atoms with Gasteiger partial charge in [0.05, 0.1) is 0 Å². The van der Waals surface area contributed by atoms with Crippen LogP contribution in [-0.4, -0.2) is 13.4 Å². The van der Waals surface area contributed by atoms with E-state index >= 15 is 0 Å². The lowest BCUT2D eigenvalue weighted by Crippen LogP contribution is -2.18. The molecule has 1 atom stereocenters. The molecule has 0 N–H and O–H groups in total. The SMILES string of the molecule is CC(C)(C)P(F)(Br)=N[Si](C)(C)C. The maximum atomic E-state index is 14.0. The van der Waals surface area contributed by atoms with Crippen molar-refractivity contribution in [2.24, 2.45) is 4.41 Å². The molecule has 0 aliphatic carbocycles. The Morgan fingerprint density at radius 2 is 1.58 bits per heavy atom. The van der Waals surface area contributed by atoms with Crippen LogP contribution < -0.4 is 0 Å². The topological polar surface area (TPSA) is 12.4 Å². The van der Waals surface area contributed by atoms with Gasteiger partial charge >= 0.3 is 0 Å². The van der Waals surface area contributed by atoms with Crippen LogP contribution in [0.5, 0.6) is 0 Å². The second-order valence-electron chi connectivity index (χ2n) is 4.93. The first-order valence-corrected chi connectivity index (χ1v) is 11.1. The molecule has 0 rings (SSSR count). The Kier molecular flexibility index (Phi) is 3.80. The second-order valence-corrected chi connectivity index (χ2v) is 15.2. The monoisotopic (exact) mass is 273 g/mol. The quantitative estimate of drug-likeness (QED) is 0.470. The van der Waals surface area contributed by atoms with Crippen molar-refractivity contribution in [1.82, 2.24) is 0 Å². The predicted octanol–water partition coefficient (Wildman–Crippen LogP) is 5.02. The summed E-state index contributed by atoms with van der Waals surface area (Å²) in [6.07, 6.45) is 0. The van der Waals surface area contributed by atoms with Crippen LogP contribution in [0.4, 0.5) is 4.20 Å². The summed E-state index contributed by atoms with van der Waals surface area (Å²) in [5.74, 6) is 0. The fraction of sp³-hybridized carbons (Fsp3) is 1.00. The van der Waals surface area contributed by atoms with Crippen LogP contribution in [0.1, 0.15) is 20.8 Å². The summed E-state index contributed by atoms with van der Waals surface area (Å²) in [4.78, 5) is 0. The van der Waals surface area contributed by atoms with Gasteiger partial charge in [-0.25, -0.2) is 0 Å². The standard InChI is InChI=1S/C7H18BrFNPSi/c1-7(2,3)11(8,9)10-12(4,5)6/h1-6H3. The summed E-state index contributed by atoms with van der Waals surface area (Å²) in [6.45, 7) is 11.8. The molecule has 0 amide bonds. The number of hydrogen-bond donors (Lipinski definition) is 0. The first kappa shape index (κ1) is 12.9. The van der Waals surface area contributed by atoms with Crippen molar-refractivity contribution in [3.63, 3.8) is 0 Å². The fourth-order valence-corrected chi connectivity index (χ4v) is 9.02. The van der Waals surface area contributed by atoms with Crippen molar-refractivity contribution in [2.75, 3.05) is 0 Å². The number of rotatable bonds is 1. The van der Waals surface area contributed by atoms with Gasteiger partial charge in [0.15, 0.2) is 14.3 Å². The molecule has 0 aliphatic heterocycles. The molecule has 0 spiro atoms. The molecule has 0 fully saturated rings. The molecule has 0 radical (unpaired) electrons. The highest BCUT2D eigenvalue weighted by atomic mass is 79.9. The molecule has 5 heteroatoms. The van der Waals surface area contributed by atoms with Crippen LogP contribution in [0.3, 0.4) is 0 Å². The summed E-state index contributed by atoms with van der Waals surface area (Å²) < 4.78 is 18.3. The molecule has 12 heavy (non-hydrogen) atoms. The van der Waals surface area contributed by atoms with Gasteiger partial charge in [-0.05, 0) is 35.1 Å². The zero-order valence-corrected chi connectivity index (χ0v) is 12.1. The van der Waals surface area contributed by atoms with Gasteiger partial charge in [-0.1, -0.05) is 20.8 Å². The van der Waals surface area contributed by atoms with Crippen molar-refractivity contribution in [3.05, 3.63) is 0 Å². The number of halogens is 2. The van der Waals surface area contributed by atoms with Gasteiger partial charge in [0.25, 0.3) is 0 Å². The highest BCUT2D eigenvalue weighted by Gasteiger charge is 2.33. The van der Waals surface area contributed by atoms with Crippen molar-refractivity contribution in [1.29, 1.82) is 0 Å². The Morgan fingerprint density at radius 1 is 1.25 bits per heavy atom. The lowest BCUT2D eigenvalue weighted by Gasteiger charge is -2.27. The summed E-state index contributed by atoms with van der Waals surface area (Å²) >= 11 is 3.15. The molecule has 0 heterocycles. The summed E-state index contributed by atoms with van der Waals surface area (Å²) in [5.41, 5.74) is 0. The minimum Gasteiger partial charge on any atom is -0.302 e. The van der Waals surface area contributed by atoms with E-state index in [1.54, 1.807) is 0 Å². The summed E-state index contributed by atoms with van der Waals surface area (Å²) in [6, 6.07) is -2.75. The molecule has 0 aromatic heterocycles. The molecule has 74 valence electrons. The van der Waals surface area contributed by atoms with Gasteiger partial charge in [0.1, 0.15) is 0 Å². The lowest BCUT2D eigenvalue weighted by molar-refractivity contribution is 0.725. The summed E-state index contributed by atoms with van der Waals surface area (Å²) in [5, 5.41) is -0.368. The van der Waals surface area contributed by atoms with E-state index < -0.39 is 14.3 Å². The third-order valence-electron chi connectivity index (χ3n) is 1.23. The van der Waals surface area contributed by atoms with Crippen LogP contribution in [0.25, 0.3) is 0 Å². The van der Waals surface area contributed by atoms with Crippen molar-refractivity contribution in [3.8, 4) is 0 Å². The Labute approximate surface area is 84.1 Å². The van der Waals surface area contributed by atoms with Crippen molar-refractivity contribution in [2.45, 2.75) is 45.6 Å². The van der Waals surface area contributed by atoms with E-state index in [0.29, 0.717) is 0 Å². The molecular formula is C7H18BrFNPSi. The molecular weight excluding hydrogens is 256 g/mol. The van der Waals surface area contributed by atoms with E-state index in [1.807, 2.05) is 40.4 Å². The molecule has 0 bridgehead atoms. The van der Waals surface area contributed by atoms with Gasteiger partial charge < -0.3 is 4.41 Å². The van der Waals surface area contributed by atoms with Crippen LogP contribution >= 0.6 is 21.6 Å². The number of nitrogens with zero attached hydrogens (tertiary/aromatic N) is 1. The van der Waals surface area contributed by atoms with Crippen molar-refractivity contribution < 1.29 is 4.20 Å². The zero-order valence-electron chi connectivity index (χ0n) is 8.65. The van der Waals surface area contributed by atoms with E-state index in [0.717, 1.165) is 0 Å². The Bertz CT molecular complexity index is 210. The summed E-state index contributed by atoms with van der Waals surface area (Å²) in [7, 11) is -1.65. The highest BCUT2D eigenvalue weighted by Crippen LogP contribution is 2.69. The normalized spacial score (nSPS) is 18.7. The highest BCUT2D eigenvalue weighted by molar-refractivity contribution is 9.40. The van der Waals surface area contributed by atoms with Gasteiger partial charge in [-0.15, -0.1) is 0 Å². The van der Waals surface area contributed by atoms with Gasteiger partial charge in [0.2, 0.25) is 0 Å². The largest absolute Gasteiger partial charge is 0.302 e. The lowest BCUT2D eigenvalue weighted by atomic mass is 10.3. The third-order valence-corrected chi connectivity index (χ3v) is 10.9. The molecule has 1 nitrogen and oxygen atoms in total. The Balaban J connectivity index is 4.99. The van der Waals surface area contributed by atoms with Gasteiger partial charge in [-0.2, -0.15) is 4.20 Å². The number of hydrogen-bond acceptors (Lipinski definition) is 1. The van der Waals surface area contributed by atoms with Crippen molar-refractivity contribution >= 4 is 29.8 Å². The van der Waals surface area contributed by atoms with E-state index in [2.05, 4.69) is 19.9 Å². The van der Waals surface area contributed by atoms with Crippen LogP contribution in [0.2, 0.25) is 19.6 Å². The average molecular weight is 274 g/mol. The minimum atomic E-state index is -2.75. The van der Waals surface area contributed by atoms with E-state index in [9.17, 15) is 4.20 Å². The molecule has 0 aromatic carbocycles. The average Bonchev–Trinajstić information content (AvgIpc) is 1.52. The molecule has 1 unspecified atom stereocenters. The first-order valence-electron chi connectivity index (χ1n) is 3.99. The smallest absolute Gasteiger partial charge is 0.190 e. The molecule has 0 saturated carbocycles. The maximum Gasteiger partial charge on any atom is 0.190 e. The second kappa shape index (κ2) is 3.54. The van der Waals surface area contributed by atoms with Crippen LogP contribution in [-0.2, 0) is 0 Å². The molecule has 0 aliphatic rings. The van der Waals surface area contributed by atoms with Gasteiger partial charge in [0, 0.05) is 5.16 Å². The van der Waals surface area contributed by atoms with Crippen LogP contribution in [0, 0.1) is 0 Å². The maximum absolute atomic E-state index is 14.0. The minimum absolute atomic E-state index is 0.368. The molecule has 0 saturated heterocycles. The van der Waals surface area contributed by atoms with E-state index in [4.69, 9.17) is 0 Å². The zero-order chi connectivity index (χ0) is 10.2. The fourth-order valence-electron chi connectivity index (χ4n) is 0.527. The third kappa shape index (κ3) is 4.20. The van der Waals surface area contributed by atoms with E-state index in [1.165, 1.54) is 0 Å². The predicted molar refractivity (Wildman–Crippen MR) is 62.5 cm³/mol.